The Morgan fingerprint density at radius 1 is 1.08 bits per heavy atom. The number of carboxylic acid groups (broad SMARTS) is 1. The van der Waals surface area contributed by atoms with E-state index in [4.69, 9.17) is 5.11 Å². The van der Waals surface area contributed by atoms with Crippen molar-refractivity contribution in [1.29, 1.82) is 0 Å². The van der Waals surface area contributed by atoms with E-state index in [0.29, 0.717) is 5.56 Å². The van der Waals surface area contributed by atoms with Crippen molar-refractivity contribution >= 4 is 45.1 Å². The number of benzene rings is 2. The predicted molar refractivity (Wildman–Crippen MR) is 107 cm³/mol. The van der Waals surface area contributed by atoms with E-state index in [2.05, 4.69) is 15.9 Å². The van der Waals surface area contributed by atoms with E-state index in [0.717, 1.165) is 15.7 Å². The van der Waals surface area contributed by atoms with Gasteiger partial charge in [0, 0.05) is 41.5 Å². The molecule has 1 unspecified atom stereocenters. The molecule has 2 aromatic carbocycles. The molecule has 2 aromatic rings. The molecule has 2 rings (SSSR count). The maximum atomic E-state index is 12.6. The second-order valence-electron chi connectivity index (χ2n) is 5.81. The maximum absolute atomic E-state index is 12.6. The van der Waals surface area contributed by atoms with Gasteiger partial charge in [0.15, 0.2) is 5.78 Å². The molecule has 0 bridgehead atoms. The maximum Gasteiger partial charge on any atom is 0.313 e. The summed E-state index contributed by atoms with van der Waals surface area (Å²) in [6, 6.07) is 15.1. The monoisotopic (exact) mass is 421 g/mol. The van der Waals surface area contributed by atoms with Gasteiger partial charge in [-0.2, -0.15) is 0 Å². The normalized spacial score (nSPS) is 11.8. The van der Waals surface area contributed by atoms with E-state index in [9.17, 15) is 9.59 Å². The van der Waals surface area contributed by atoms with Crippen LogP contribution in [0.25, 0.3) is 0 Å². The Balaban J connectivity index is 2.18. The molecule has 0 aliphatic carbocycles. The first-order valence-corrected chi connectivity index (χ1v) is 9.60. The number of Topliss-reactive ketones (excluding diaryl/α,β-unsaturated/α-hetero) is 1. The number of rotatable bonds is 8. The number of carbonyl (C=O) groups is 2. The molecule has 0 amide bonds. The van der Waals surface area contributed by atoms with Crippen LogP contribution in [-0.2, 0) is 4.79 Å². The quantitative estimate of drug-likeness (QED) is 0.628. The summed E-state index contributed by atoms with van der Waals surface area (Å²) in [5.74, 6) is -0.906. The van der Waals surface area contributed by atoms with Crippen molar-refractivity contribution in [1.82, 2.24) is 0 Å². The highest BCUT2D eigenvalue weighted by atomic mass is 79.9. The van der Waals surface area contributed by atoms with Gasteiger partial charge in [-0.1, -0.05) is 40.2 Å². The first-order chi connectivity index (χ1) is 11.9. The number of hydrogen-bond donors (Lipinski definition) is 1. The van der Waals surface area contributed by atoms with Crippen molar-refractivity contribution in [2.75, 3.05) is 24.7 Å². The van der Waals surface area contributed by atoms with E-state index in [1.54, 1.807) is 12.1 Å². The molecular formula is C19H20BrNO3S. The van der Waals surface area contributed by atoms with Crippen LogP contribution >= 0.6 is 27.7 Å². The molecule has 6 heteroatoms. The number of thioether (sulfide) groups is 1. The van der Waals surface area contributed by atoms with Crippen LogP contribution in [0.4, 0.5) is 5.69 Å². The molecule has 0 aliphatic heterocycles. The van der Waals surface area contributed by atoms with E-state index in [-0.39, 0.29) is 23.2 Å². The number of nitrogens with zero attached hydrogens (tertiary/aromatic N) is 1. The number of carbonyl (C=O) groups excluding carboxylic acids is 1. The molecular weight excluding hydrogens is 402 g/mol. The third-order valence-corrected chi connectivity index (χ3v) is 5.51. The Morgan fingerprint density at radius 3 is 2.20 bits per heavy atom. The molecule has 132 valence electrons. The topological polar surface area (TPSA) is 57.6 Å². The molecule has 1 N–H and O–H groups in total. The predicted octanol–water partition coefficient (Wildman–Crippen LogP) is 4.65. The van der Waals surface area contributed by atoms with Crippen molar-refractivity contribution in [3.8, 4) is 0 Å². The van der Waals surface area contributed by atoms with Gasteiger partial charge in [-0.25, -0.2) is 0 Å². The first-order valence-electron chi connectivity index (χ1n) is 7.76. The van der Waals surface area contributed by atoms with Gasteiger partial charge in [0.1, 0.15) is 0 Å². The zero-order valence-corrected chi connectivity index (χ0v) is 16.5. The Hall–Kier alpha value is -1.79. The van der Waals surface area contributed by atoms with Crippen molar-refractivity contribution in [3.63, 3.8) is 0 Å². The Morgan fingerprint density at radius 2 is 1.68 bits per heavy atom. The molecule has 0 spiro atoms. The van der Waals surface area contributed by atoms with Gasteiger partial charge < -0.3 is 10.0 Å². The lowest BCUT2D eigenvalue weighted by molar-refractivity contribution is -0.133. The summed E-state index contributed by atoms with van der Waals surface area (Å²) >= 11 is 4.64. The van der Waals surface area contributed by atoms with Crippen LogP contribution in [0.3, 0.4) is 0 Å². The third-order valence-electron chi connectivity index (χ3n) is 3.73. The fraction of sp³-hybridized carbons (Fsp3) is 0.263. The molecule has 0 heterocycles. The zero-order chi connectivity index (χ0) is 18.4. The number of carboxylic acids is 1. The van der Waals surface area contributed by atoms with Crippen molar-refractivity contribution in [3.05, 3.63) is 64.1 Å². The lowest BCUT2D eigenvalue weighted by Crippen LogP contribution is -2.10. The SMILES string of the molecule is CN(C)c1ccc(C(CC(=O)c2ccc(Br)cc2)SCC(=O)O)cc1. The third kappa shape index (κ3) is 5.90. The smallest absolute Gasteiger partial charge is 0.313 e. The zero-order valence-electron chi connectivity index (χ0n) is 14.1. The summed E-state index contributed by atoms with van der Waals surface area (Å²) in [5, 5.41) is 8.80. The van der Waals surface area contributed by atoms with Gasteiger partial charge >= 0.3 is 5.97 Å². The van der Waals surface area contributed by atoms with E-state index >= 15 is 0 Å². The summed E-state index contributed by atoms with van der Waals surface area (Å²) in [6.07, 6.45) is 0.265. The first kappa shape index (κ1) is 19.5. The number of anilines is 1. The fourth-order valence-corrected chi connectivity index (χ4v) is 3.58. The highest BCUT2D eigenvalue weighted by Crippen LogP contribution is 2.34. The molecule has 4 nitrogen and oxygen atoms in total. The standard InChI is InChI=1S/C19H20BrNO3S/c1-21(2)16-9-5-14(6-10-16)18(25-12-19(23)24)11-17(22)13-3-7-15(20)8-4-13/h3-10,18H,11-12H2,1-2H3,(H,23,24). The van der Waals surface area contributed by atoms with E-state index in [1.165, 1.54) is 11.8 Å². The summed E-state index contributed by atoms with van der Waals surface area (Å²) in [7, 11) is 3.92. The molecule has 0 saturated carbocycles. The average molecular weight is 422 g/mol. The fourth-order valence-electron chi connectivity index (χ4n) is 2.35. The van der Waals surface area contributed by atoms with Crippen molar-refractivity contribution in [2.45, 2.75) is 11.7 Å². The highest BCUT2D eigenvalue weighted by molar-refractivity contribution is 9.10. The summed E-state index contributed by atoms with van der Waals surface area (Å²) in [6.45, 7) is 0. The number of ketones is 1. The minimum atomic E-state index is -0.879. The highest BCUT2D eigenvalue weighted by Gasteiger charge is 2.19. The molecule has 1 atom stereocenters. The lowest BCUT2D eigenvalue weighted by atomic mass is 10.0. The molecule has 0 aromatic heterocycles. The van der Waals surface area contributed by atoms with Crippen LogP contribution in [0, 0.1) is 0 Å². The molecule has 0 aliphatic rings. The Bertz CT molecular complexity index is 729. The second-order valence-corrected chi connectivity index (χ2v) is 7.92. The van der Waals surface area contributed by atoms with Gasteiger partial charge in [0.2, 0.25) is 0 Å². The van der Waals surface area contributed by atoms with E-state index in [1.807, 2.05) is 55.4 Å². The number of hydrogen-bond acceptors (Lipinski definition) is 4. The summed E-state index contributed by atoms with van der Waals surface area (Å²) in [4.78, 5) is 25.5. The van der Waals surface area contributed by atoms with Gasteiger partial charge in [-0.15, -0.1) is 11.8 Å². The minimum Gasteiger partial charge on any atom is -0.481 e. The van der Waals surface area contributed by atoms with Gasteiger partial charge in [-0.3, -0.25) is 9.59 Å². The largest absolute Gasteiger partial charge is 0.481 e. The Labute approximate surface area is 160 Å². The van der Waals surface area contributed by atoms with Crippen LogP contribution in [-0.4, -0.2) is 36.7 Å². The lowest BCUT2D eigenvalue weighted by Gasteiger charge is -2.18. The van der Waals surface area contributed by atoms with E-state index < -0.39 is 5.97 Å². The average Bonchev–Trinajstić information content (AvgIpc) is 2.59. The van der Waals surface area contributed by atoms with Crippen LogP contribution in [0.2, 0.25) is 0 Å². The van der Waals surface area contributed by atoms with Gasteiger partial charge in [-0.05, 0) is 29.8 Å². The molecule has 0 radical (unpaired) electrons. The second kappa shape index (κ2) is 9.06. The molecule has 0 fully saturated rings. The van der Waals surface area contributed by atoms with Crippen molar-refractivity contribution < 1.29 is 14.7 Å². The van der Waals surface area contributed by atoms with Crippen LogP contribution in [0.15, 0.2) is 53.0 Å². The van der Waals surface area contributed by atoms with Crippen LogP contribution in [0.5, 0.6) is 0 Å². The minimum absolute atomic E-state index is 0.00655. The van der Waals surface area contributed by atoms with Gasteiger partial charge in [0.25, 0.3) is 0 Å². The van der Waals surface area contributed by atoms with Crippen molar-refractivity contribution in [2.24, 2.45) is 0 Å². The summed E-state index contributed by atoms with van der Waals surface area (Å²) in [5.41, 5.74) is 2.65. The van der Waals surface area contributed by atoms with Gasteiger partial charge in [0.05, 0.1) is 5.75 Å². The molecule has 0 saturated heterocycles. The Kier molecular flexibility index (Phi) is 7.08. The van der Waals surface area contributed by atoms with Crippen LogP contribution in [0.1, 0.15) is 27.6 Å². The number of halogens is 1. The summed E-state index contributed by atoms with van der Waals surface area (Å²) < 4.78 is 0.917. The van der Waals surface area contributed by atoms with Crippen LogP contribution < -0.4 is 4.90 Å². The number of aliphatic carboxylic acids is 1. The molecule has 25 heavy (non-hydrogen) atoms.